The highest BCUT2D eigenvalue weighted by Gasteiger charge is 2.44. The SMILES string of the molecule is O=C(NCc1ccccc1)[C@H]1CN(S(=O)(=O)c2ccc(Cl)cc2)C[C@H]1c1cccc(C(F)(F)F)c1. The molecule has 0 bridgehead atoms. The van der Waals surface area contributed by atoms with E-state index in [0.717, 1.165) is 22.0 Å². The lowest BCUT2D eigenvalue weighted by Gasteiger charge is -2.19. The summed E-state index contributed by atoms with van der Waals surface area (Å²) in [5.41, 5.74) is 0.256. The number of nitrogens with one attached hydrogen (secondary N) is 1. The molecule has 1 N–H and O–H groups in total. The number of rotatable bonds is 6. The first-order valence-corrected chi connectivity index (χ1v) is 12.6. The molecule has 5 nitrogen and oxygen atoms in total. The fourth-order valence-electron chi connectivity index (χ4n) is 4.18. The molecule has 1 heterocycles. The molecule has 10 heteroatoms. The summed E-state index contributed by atoms with van der Waals surface area (Å²) in [6.45, 7) is -0.0718. The highest BCUT2D eigenvalue weighted by molar-refractivity contribution is 7.89. The van der Waals surface area contributed by atoms with Crippen LogP contribution in [0.15, 0.2) is 83.8 Å². The van der Waals surface area contributed by atoms with Gasteiger partial charge in [-0.1, -0.05) is 60.1 Å². The molecule has 1 aliphatic heterocycles. The zero-order valence-electron chi connectivity index (χ0n) is 18.4. The average molecular weight is 523 g/mol. The van der Waals surface area contributed by atoms with Gasteiger partial charge in [0.25, 0.3) is 0 Å². The lowest BCUT2D eigenvalue weighted by molar-refractivity contribution is -0.137. The molecule has 1 amide bonds. The van der Waals surface area contributed by atoms with Gasteiger partial charge in [-0.15, -0.1) is 0 Å². The minimum atomic E-state index is -4.56. The summed E-state index contributed by atoms with van der Waals surface area (Å²) in [5.74, 6) is -2.05. The lowest BCUT2D eigenvalue weighted by atomic mass is 9.87. The lowest BCUT2D eigenvalue weighted by Crippen LogP contribution is -2.35. The Morgan fingerprint density at radius 3 is 2.31 bits per heavy atom. The fraction of sp³-hybridized carbons (Fsp3) is 0.240. The molecule has 0 unspecified atom stereocenters. The molecule has 0 radical (unpaired) electrons. The molecule has 1 fully saturated rings. The van der Waals surface area contributed by atoms with Gasteiger partial charge in [-0.2, -0.15) is 17.5 Å². The van der Waals surface area contributed by atoms with Gasteiger partial charge in [-0.3, -0.25) is 4.79 Å². The van der Waals surface area contributed by atoms with Crippen molar-refractivity contribution in [3.63, 3.8) is 0 Å². The number of nitrogens with zero attached hydrogens (tertiary/aromatic N) is 1. The number of alkyl halides is 3. The average Bonchev–Trinajstić information content (AvgIpc) is 3.30. The standard InChI is InChI=1S/C25H22ClF3N2O3S/c26-20-9-11-21(12-10-20)35(33,34)31-15-22(18-7-4-8-19(13-18)25(27,28)29)23(16-31)24(32)30-14-17-5-2-1-3-6-17/h1-13,22-23H,14-16H2,(H,30,32)/t22-,23-/m0/s1. The van der Waals surface area contributed by atoms with Crippen molar-refractivity contribution in [2.45, 2.75) is 23.5 Å². The van der Waals surface area contributed by atoms with Crippen LogP contribution in [0.2, 0.25) is 5.02 Å². The Kier molecular flexibility index (Phi) is 7.21. The third-order valence-corrected chi connectivity index (χ3v) is 8.12. The highest BCUT2D eigenvalue weighted by Crippen LogP contribution is 2.38. The highest BCUT2D eigenvalue weighted by atomic mass is 35.5. The minimum absolute atomic E-state index is 0.00460. The van der Waals surface area contributed by atoms with E-state index in [2.05, 4.69) is 5.32 Å². The van der Waals surface area contributed by atoms with Crippen LogP contribution in [0.1, 0.15) is 22.6 Å². The Bertz CT molecular complexity index is 1300. The van der Waals surface area contributed by atoms with Gasteiger partial charge in [-0.05, 0) is 41.5 Å². The molecule has 0 saturated carbocycles. The molecular formula is C25H22ClF3N2O3S. The smallest absolute Gasteiger partial charge is 0.352 e. The molecule has 2 atom stereocenters. The van der Waals surface area contributed by atoms with E-state index in [0.29, 0.717) is 5.02 Å². The zero-order chi connectivity index (χ0) is 25.2. The van der Waals surface area contributed by atoms with Crippen LogP contribution >= 0.6 is 11.6 Å². The maximum Gasteiger partial charge on any atom is 0.416 e. The maximum absolute atomic E-state index is 13.3. The van der Waals surface area contributed by atoms with E-state index in [4.69, 9.17) is 11.6 Å². The van der Waals surface area contributed by atoms with E-state index >= 15 is 0 Å². The number of benzene rings is 3. The molecule has 184 valence electrons. The van der Waals surface area contributed by atoms with Gasteiger partial charge < -0.3 is 5.32 Å². The summed E-state index contributed by atoms with van der Waals surface area (Å²) in [4.78, 5) is 13.2. The molecule has 0 aliphatic carbocycles. The number of carbonyl (C=O) groups is 1. The van der Waals surface area contributed by atoms with Crippen LogP contribution in [0.5, 0.6) is 0 Å². The summed E-state index contributed by atoms with van der Waals surface area (Å²) < 4.78 is 67.7. The van der Waals surface area contributed by atoms with Crippen molar-refractivity contribution in [3.05, 3.63) is 101 Å². The van der Waals surface area contributed by atoms with Crippen LogP contribution in [0.3, 0.4) is 0 Å². The summed E-state index contributed by atoms with van der Waals surface area (Å²) >= 11 is 5.87. The van der Waals surface area contributed by atoms with Crippen molar-refractivity contribution in [2.24, 2.45) is 5.92 Å². The van der Waals surface area contributed by atoms with Crippen molar-refractivity contribution < 1.29 is 26.4 Å². The topological polar surface area (TPSA) is 66.5 Å². The van der Waals surface area contributed by atoms with E-state index in [1.54, 1.807) is 0 Å². The van der Waals surface area contributed by atoms with Crippen LogP contribution in [0.25, 0.3) is 0 Å². The van der Waals surface area contributed by atoms with Crippen molar-refractivity contribution in [1.29, 1.82) is 0 Å². The molecular weight excluding hydrogens is 501 g/mol. The Labute approximate surface area is 206 Å². The Balaban J connectivity index is 1.64. The first-order chi connectivity index (χ1) is 16.6. The number of halogens is 4. The summed E-state index contributed by atoms with van der Waals surface area (Å²) in [5, 5.41) is 3.17. The molecule has 4 rings (SSSR count). The number of sulfonamides is 1. The van der Waals surface area contributed by atoms with Gasteiger partial charge in [0.1, 0.15) is 0 Å². The number of hydrogen-bond donors (Lipinski definition) is 1. The molecule has 3 aromatic carbocycles. The van der Waals surface area contributed by atoms with Gasteiger partial charge in [0.15, 0.2) is 0 Å². The van der Waals surface area contributed by atoms with E-state index in [-0.39, 0.29) is 30.1 Å². The molecule has 1 aliphatic rings. The van der Waals surface area contributed by atoms with Crippen LogP contribution in [0.4, 0.5) is 13.2 Å². The summed E-state index contributed by atoms with van der Waals surface area (Å²) in [6, 6.07) is 19.5. The van der Waals surface area contributed by atoms with Crippen LogP contribution in [0, 0.1) is 5.92 Å². The second-order valence-corrected chi connectivity index (χ2v) is 10.7. The first-order valence-electron chi connectivity index (χ1n) is 10.8. The fourth-order valence-corrected chi connectivity index (χ4v) is 5.80. The van der Waals surface area contributed by atoms with Crippen molar-refractivity contribution in [2.75, 3.05) is 13.1 Å². The van der Waals surface area contributed by atoms with Crippen LogP contribution in [-0.4, -0.2) is 31.7 Å². The minimum Gasteiger partial charge on any atom is -0.352 e. The summed E-state index contributed by atoms with van der Waals surface area (Å²) in [7, 11) is -4.00. The summed E-state index contributed by atoms with van der Waals surface area (Å²) in [6.07, 6.45) is -4.56. The second kappa shape index (κ2) is 10.0. The Hall–Kier alpha value is -2.88. The molecule has 0 aromatic heterocycles. The predicted octanol–water partition coefficient (Wildman–Crippen LogP) is 5.08. The third kappa shape index (κ3) is 5.69. The number of carbonyl (C=O) groups excluding carboxylic acids is 1. The Morgan fingerprint density at radius 2 is 1.66 bits per heavy atom. The zero-order valence-corrected chi connectivity index (χ0v) is 19.9. The quantitative estimate of drug-likeness (QED) is 0.491. The maximum atomic E-state index is 13.3. The second-order valence-electron chi connectivity index (χ2n) is 8.32. The van der Waals surface area contributed by atoms with Gasteiger partial charge >= 0.3 is 6.18 Å². The van der Waals surface area contributed by atoms with Crippen molar-refractivity contribution >= 4 is 27.5 Å². The van der Waals surface area contributed by atoms with Gasteiger partial charge in [0.2, 0.25) is 15.9 Å². The van der Waals surface area contributed by atoms with E-state index in [9.17, 15) is 26.4 Å². The van der Waals surface area contributed by atoms with Gasteiger partial charge in [-0.25, -0.2) is 8.42 Å². The van der Waals surface area contributed by atoms with Gasteiger partial charge in [0.05, 0.1) is 16.4 Å². The largest absolute Gasteiger partial charge is 0.416 e. The third-order valence-electron chi connectivity index (χ3n) is 6.03. The molecule has 1 saturated heterocycles. The van der Waals surface area contributed by atoms with Crippen LogP contribution in [-0.2, 0) is 27.5 Å². The van der Waals surface area contributed by atoms with Crippen molar-refractivity contribution in [1.82, 2.24) is 9.62 Å². The monoisotopic (exact) mass is 522 g/mol. The molecule has 35 heavy (non-hydrogen) atoms. The number of amides is 1. The van der Waals surface area contributed by atoms with E-state index < -0.39 is 39.5 Å². The number of hydrogen-bond acceptors (Lipinski definition) is 3. The van der Waals surface area contributed by atoms with E-state index in [1.165, 1.54) is 36.4 Å². The Morgan fingerprint density at radius 1 is 0.971 bits per heavy atom. The molecule has 3 aromatic rings. The predicted molar refractivity (Wildman–Crippen MR) is 126 cm³/mol. The van der Waals surface area contributed by atoms with Gasteiger partial charge in [0, 0.05) is 30.6 Å². The van der Waals surface area contributed by atoms with Crippen LogP contribution < -0.4 is 5.32 Å². The van der Waals surface area contributed by atoms with Crippen molar-refractivity contribution in [3.8, 4) is 0 Å². The first kappa shape index (κ1) is 25.2. The van der Waals surface area contributed by atoms with E-state index in [1.807, 2.05) is 30.3 Å². The molecule has 0 spiro atoms. The normalized spacial score (nSPS) is 19.0.